The van der Waals surface area contributed by atoms with Gasteiger partial charge in [0, 0.05) is 35.4 Å². The van der Waals surface area contributed by atoms with Crippen molar-refractivity contribution in [2.45, 2.75) is 19.5 Å². The average molecular weight is 308 g/mol. The molecule has 16 heavy (non-hydrogen) atoms. The first-order valence-electron chi connectivity index (χ1n) is 4.96. The lowest BCUT2D eigenvalue weighted by molar-refractivity contribution is 0.579. The predicted octanol–water partition coefficient (Wildman–Crippen LogP) is 2.44. The summed E-state index contributed by atoms with van der Waals surface area (Å²) in [6.45, 7) is 2.55. The van der Waals surface area contributed by atoms with Crippen LogP contribution in [-0.2, 0) is 17.3 Å². The van der Waals surface area contributed by atoms with E-state index in [2.05, 4.69) is 21.2 Å². The molecule has 2 unspecified atom stereocenters. The minimum Gasteiger partial charge on any atom is -0.309 e. The van der Waals surface area contributed by atoms with Gasteiger partial charge in [-0.3, -0.25) is 4.21 Å². The predicted molar refractivity (Wildman–Crippen MR) is 69.3 cm³/mol. The standard InChI is InChI=1S/C11H15BrFNOS/c1-8(7-16(2)15)14-6-9-3-4-10(12)11(13)5-9/h3-5,8,14H,6-7H2,1-2H3. The SMILES string of the molecule is CC(CS(C)=O)NCc1ccc(Br)c(F)c1. The molecule has 2 nitrogen and oxygen atoms in total. The number of rotatable bonds is 5. The Morgan fingerprint density at radius 1 is 1.56 bits per heavy atom. The largest absolute Gasteiger partial charge is 0.309 e. The van der Waals surface area contributed by atoms with Crippen molar-refractivity contribution < 1.29 is 8.60 Å². The Labute approximate surface area is 106 Å². The van der Waals surface area contributed by atoms with Gasteiger partial charge >= 0.3 is 0 Å². The van der Waals surface area contributed by atoms with E-state index in [0.717, 1.165) is 5.56 Å². The normalized spacial score (nSPS) is 14.8. The van der Waals surface area contributed by atoms with E-state index >= 15 is 0 Å². The molecule has 5 heteroatoms. The van der Waals surface area contributed by atoms with Gasteiger partial charge in [0.25, 0.3) is 0 Å². The molecule has 0 aliphatic heterocycles. The van der Waals surface area contributed by atoms with E-state index in [1.165, 1.54) is 6.07 Å². The summed E-state index contributed by atoms with van der Waals surface area (Å²) in [6, 6.07) is 5.20. The number of halogens is 2. The fourth-order valence-corrected chi connectivity index (χ4v) is 2.42. The van der Waals surface area contributed by atoms with Gasteiger partial charge in [-0.2, -0.15) is 0 Å². The molecule has 90 valence electrons. The summed E-state index contributed by atoms with van der Waals surface area (Å²) in [6.07, 6.45) is 1.68. The van der Waals surface area contributed by atoms with Gasteiger partial charge in [-0.25, -0.2) is 4.39 Å². The Hall–Kier alpha value is -0.260. The lowest BCUT2D eigenvalue weighted by atomic mass is 10.2. The average Bonchev–Trinajstić information content (AvgIpc) is 2.19. The van der Waals surface area contributed by atoms with Crippen molar-refractivity contribution in [1.82, 2.24) is 5.32 Å². The Morgan fingerprint density at radius 3 is 2.81 bits per heavy atom. The van der Waals surface area contributed by atoms with E-state index < -0.39 is 10.8 Å². The van der Waals surface area contributed by atoms with Crippen molar-refractivity contribution in [3.05, 3.63) is 34.1 Å². The molecule has 0 radical (unpaired) electrons. The zero-order chi connectivity index (χ0) is 12.1. The zero-order valence-corrected chi connectivity index (χ0v) is 11.7. The number of hydrogen-bond acceptors (Lipinski definition) is 2. The van der Waals surface area contributed by atoms with E-state index in [1.807, 2.05) is 13.0 Å². The van der Waals surface area contributed by atoms with Gasteiger partial charge in [-0.05, 0) is 40.5 Å². The third kappa shape index (κ3) is 4.72. The summed E-state index contributed by atoms with van der Waals surface area (Å²) in [5, 5.41) is 3.20. The maximum Gasteiger partial charge on any atom is 0.137 e. The highest BCUT2D eigenvalue weighted by molar-refractivity contribution is 9.10. The van der Waals surface area contributed by atoms with Gasteiger partial charge in [0.1, 0.15) is 5.82 Å². The molecule has 1 N–H and O–H groups in total. The van der Waals surface area contributed by atoms with E-state index in [4.69, 9.17) is 0 Å². The van der Waals surface area contributed by atoms with Gasteiger partial charge in [0.15, 0.2) is 0 Å². The lowest BCUT2D eigenvalue weighted by Gasteiger charge is -2.12. The third-order valence-corrected chi connectivity index (χ3v) is 3.74. The summed E-state index contributed by atoms with van der Waals surface area (Å²) in [5.74, 6) is 0.352. The van der Waals surface area contributed by atoms with Crippen LogP contribution in [0.25, 0.3) is 0 Å². The molecule has 0 amide bonds. The molecule has 0 heterocycles. The van der Waals surface area contributed by atoms with Crippen LogP contribution in [0.3, 0.4) is 0 Å². The molecule has 0 fully saturated rings. The van der Waals surface area contributed by atoms with Crippen molar-refractivity contribution in [2.24, 2.45) is 0 Å². The van der Waals surface area contributed by atoms with Gasteiger partial charge < -0.3 is 5.32 Å². The highest BCUT2D eigenvalue weighted by atomic mass is 79.9. The maximum atomic E-state index is 13.2. The van der Waals surface area contributed by atoms with Gasteiger partial charge in [-0.1, -0.05) is 6.07 Å². The minimum absolute atomic E-state index is 0.164. The second-order valence-electron chi connectivity index (χ2n) is 3.77. The van der Waals surface area contributed by atoms with E-state index in [9.17, 15) is 8.60 Å². The highest BCUT2D eigenvalue weighted by Crippen LogP contribution is 2.16. The molecular formula is C11H15BrFNOS. The summed E-state index contributed by atoms with van der Waals surface area (Å²) in [5.41, 5.74) is 0.884. The maximum absolute atomic E-state index is 13.2. The molecule has 1 aromatic carbocycles. The van der Waals surface area contributed by atoms with Crippen molar-refractivity contribution in [3.63, 3.8) is 0 Å². The molecule has 0 saturated carbocycles. The fraction of sp³-hybridized carbons (Fsp3) is 0.455. The van der Waals surface area contributed by atoms with Crippen LogP contribution < -0.4 is 5.32 Å². The van der Waals surface area contributed by atoms with E-state index in [-0.39, 0.29) is 11.9 Å². The number of nitrogens with one attached hydrogen (secondary N) is 1. The smallest absolute Gasteiger partial charge is 0.137 e. The molecule has 0 aliphatic carbocycles. The Bertz CT molecular complexity index is 386. The first-order valence-corrected chi connectivity index (χ1v) is 7.48. The van der Waals surface area contributed by atoms with Crippen LogP contribution in [0.4, 0.5) is 4.39 Å². The quantitative estimate of drug-likeness (QED) is 0.905. The van der Waals surface area contributed by atoms with E-state index in [1.54, 1.807) is 12.3 Å². The van der Waals surface area contributed by atoms with Crippen molar-refractivity contribution in [3.8, 4) is 0 Å². The molecule has 1 rings (SSSR count). The highest BCUT2D eigenvalue weighted by Gasteiger charge is 2.05. The zero-order valence-electron chi connectivity index (χ0n) is 9.30. The number of benzene rings is 1. The Morgan fingerprint density at radius 2 is 2.25 bits per heavy atom. The van der Waals surface area contributed by atoms with Gasteiger partial charge in [0.2, 0.25) is 0 Å². The van der Waals surface area contributed by atoms with Crippen LogP contribution in [0, 0.1) is 5.82 Å². The number of hydrogen-bond donors (Lipinski definition) is 1. The summed E-state index contributed by atoms with van der Waals surface area (Å²) in [7, 11) is -0.806. The second-order valence-corrected chi connectivity index (χ2v) is 6.10. The van der Waals surface area contributed by atoms with Crippen LogP contribution in [0.1, 0.15) is 12.5 Å². The molecule has 0 saturated heterocycles. The molecule has 0 spiro atoms. The van der Waals surface area contributed by atoms with Crippen molar-refractivity contribution in [2.75, 3.05) is 12.0 Å². The topological polar surface area (TPSA) is 29.1 Å². The van der Waals surface area contributed by atoms with Crippen LogP contribution in [0.5, 0.6) is 0 Å². The molecule has 1 aromatic rings. The van der Waals surface area contributed by atoms with E-state index in [0.29, 0.717) is 16.8 Å². The molecule has 0 bridgehead atoms. The van der Waals surface area contributed by atoms with Crippen LogP contribution in [-0.4, -0.2) is 22.3 Å². The summed E-state index contributed by atoms with van der Waals surface area (Å²) >= 11 is 3.11. The molecular weight excluding hydrogens is 293 g/mol. The summed E-state index contributed by atoms with van der Waals surface area (Å²) in [4.78, 5) is 0. The monoisotopic (exact) mass is 307 g/mol. The van der Waals surface area contributed by atoms with Crippen LogP contribution >= 0.6 is 15.9 Å². The second kappa shape index (κ2) is 6.47. The molecule has 2 atom stereocenters. The Balaban J connectivity index is 2.48. The third-order valence-electron chi connectivity index (χ3n) is 2.12. The van der Waals surface area contributed by atoms with Crippen LogP contribution in [0.2, 0.25) is 0 Å². The summed E-state index contributed by atoms with van der Waals surface area (Å²) < 4.78 is 24.6. The van der Waals surface area contributed by atoms with Crippen LogP contribution in [0.15, 0.2) is 22.7 Å². The molecule has 0 aliphatic rings. The first kappa shape index (κ1) is 13.8. The lowest BCUT2D eigenvalue weighted by Crippen LogP contribution is -2.30. The first-order chi connectivity index (χ1) is 7.49. The van der Waals surface area contributed by atoms with Crippen molar-refractivity contribution >= 4 is 26.7 Å². The fourth-order valence-electron chi connectivity index (χ4n) is 1.35. The minimum atomic E-state index is -0.806. The van der Waals surface area contributed by atoms with Crippen molar-refractivity contribution in [1.29, 1.82) is 0 Å². The molecule has 0 aromatic heterocycles. The Kier molecular flexibility index (Phi) is 5.58. The van der Waals surface area contributed by atoms with Gasteiger partial charge in [-0.15, -0.1) is 0 Å². The van der Waals surface area contributed by atoms with Gasteiger partial charge in [0.05, 0.1) is 4.47 Å².